The second-order valence-corrected chi connectivity index (χ2v) is 4.41. The minimum Gasteiger partial charge on any atom is -0.408 e. The second kappa shape index (κ2) is 3.94. The minimum atomic E-state index is -0.383. The number of rotatable bonds is 1. The van der Waals surface area contributed by atoms with Crippen molar-refractivity contribution in [3.05, 3.63) is 40.4 Å². The molecular weight excluding hydrogens is 244 g/mol. The molecule has 0 aliphatic heterocycles. The van der Waals surface area contributed by atoms with Crippen molar-refractivity contribution in [2.45, 2.75) is 6.92 Å². The van der Waals surface area contributed by atoms with Gasteiger partial charge in [-0.3, -0.25) is 4.57 Å². The molecule has 2 N–H and O–H groups in total. The number of benzene rings is 1. The highest BCUT2D eigenvalue weighted by atomic mass is 16.4. The molecule has 0 saturated carbocycles. The van der Waals surface area contributed by atoms with E-state index in [2.05, 4.69) is 10.2 Å². The molecule has 2 aromatic heterocycles. The Morgan fingerprint density at radius 3 is 2.79 bits per heavy atom. The van der Waals surface area contributed by atoms with Gasteiger partial charge in [-0.2, -0.15) is 0 Å². The molecule has 0 aliphatic rings. The summed E-state index contributed by atoms with van der Waals surface area (Å²) in [5, 5.41) is 7.96. The summed E-state index contributed by atoms with van der Waals surface area (Å²) in [6, 6.07) is 7.30. The molecule has 3 rings (SSSR count). The monoisotopic (exact) mass is 256 g/mol. The molecule has 0 saturated heterocycles. The number of nitrogens with two attached hydrogens (primary N) is 1. The molecule has 0 atom stereocenters. The largest absolute Gasteiger partial charge is 0.419 e. The van der Waals surface area contributed by atoms with E-state index in [4.69, 9.17) is 10.2 Å². The highest BCUT2D eigenvalue weighted by Gasteiger charge is 2.09. The smallest absolute Gasteiger partial charge is 0.408 e. The van der Waals surface area contributed by atoms with Gasteiger partial charge in [-0.05, 0) is 36.8 Å². The molecule has 0 amide bonds. The maximum Gasteiger partial charge on any atom is 0.419 e. The highest BCUT2D eigenvalue weighted by molar-refractivity contribution is 5.79. The van der Waals surface area contributed by atoms with Crippen LogP contribution in [0.15, 0.2) is 33.5 Å². The first-order valence-electron chi connectivity index (χ1n) is 5.76. The van der Waals surface area contributed by atoms with Gasteiger partial charge in [0.15, 0.2) is 5.58 Å². The lowest BCUT2D eigenvalue weighted by molar-refractivity contribution is 0.528. The van der Waals surface area contributed by atoms with Gasteiger partial charge >= 0.3 is 5.76 Å². The van der Waals surface area contributed by atoms with Crippen LogP contribution >= 0.6 is 0 Å². The average molecular weight is 256 g/mol. The fraction of sp³-hybridized carbons (Fsp3) is 0.154. The zero-order chi connectivity index (χ0) is 13.6. The Morgan fingerprint density at radius 1 is 1.26 bits per heavy atom. The summed E-state index contributed by atoms with van der Waals surface area (Å²) in [6.07, 6.45) is 0. The number of anilines is 1. The van der Waals surface area contributed by atoms with Gasteiger partial charge in [0, 0.05) is 12.6 Å². The van der Waals surface area contributed by atoms with E-state index >= 15 is 0 Å². The van der Waals surface area contributed by atoms with Crippen molar-refractivity contribution < 1.29 is 4.42 Å². The molecule has 3 aromatic rings. The summed E-state index contributed by atoms with van der Waals surface area (Å²) in [7, 11) is 1.66. The van der Waals surface area contributed by atoms with E-state index in [0.29, 0.717) is 17.1 Å². The Kier molecular flexibility index (Phi) is 2.38. The molecular formula is C13H12N4O2. The Labute approximate surface area is 108 Å². The van der Waals surface area contributed by atoms with Crippen LogP contribution in [0.2, 0.25) is 0 Å². The van der Waals surface area contributed by atoms with Gasteiger partial charge in [0.05, 0.1) is 11.2 Å². The van der Waals surface area contributed by atoms with E-state index in [0.717, 1.165) is 16.6 Å². The Morgan fingerprint density at radius 2 is 2.05 bits per heavy atom. The van der Waals surface area contributed by atoms with Crippen molar-refractivity contribution >= 4 is 16.9 Å². The zero-order valence-electron chi connectivity index (χ0n) is 10.5. The molecule has 0 bridgehead atoms. The first-order chi connectivity index (χ1) is 9.06. The predicted molar refractivity (Wildman–Crippen MR) is 71.6 cm³/mol. The van der Waals surface area contributed by atoms with Gasteiger partial charge < -0.3 is 10.2 Å². The SMILES string of the molecule is Cc1cc(-c2ccc3oc(=O)n(C)c3c2)nnc1N. The number of nitrogen functional groups attached to an aromatic ring is 1. The summed E-state index contributed by atoms with van der Waals surface area (Å²) in [4.78, 5) is 11.4. The molecule has 19 heavy (non-hydrogen) atoms. The van der Waals surface area contributed by atoms with Crippen LogP contribution in [0.5, 0.6) is 0 Å². The summed E-state index contributed by atoms with van der Waals surface area (Å²) >= 11 is 0. The normalized spacial score (nSPS) is 11.1. The number of hydrogen-bond acceptors (Lipinski definition) is 5. The third-order valence-corrected chi connectivity index (χ3v) is 3.11. The highest BCUT2D eigenvalue weighted by Crippen LogP contribution is 2.23. The molecule has 96 valence electrons. The fourth-order valence-electron chi connectivity index (χ4n) is 1.92. The topological polar surface area (TPSA) is 86.9 Å². The first-order valence-corrected chi connectivity index (χ1v) is 5.76. The lowest BCUT2D eigenvalue weighted by atomic mass is 10.1. The number of nitrogens with zero attached hydrogens (tertiary/aromatic N) is 3. The Balaban J connectivity index is 2.22. The van der Waals surface area contributed by atoms with Crippen molar-refractivity contribution in [2.24, 2.45) is 7.05 Å². The van der Waals surface area contributed by atoms with Crippen molar-refractivity contribution in [1.82, 2.24) is 14.8 Å². The predicted octanol–water partition coefficient (Wildman–Crippen LogP) is 1.48. The van der Waals surface area contributed by atoms with Crippen molar-refractivity contribution in [3.8, 4) is 11.3 Å². The molecule has 0 radical (unpaired) electrons. The van der Waals surface area contributed by atoms with Gasteiger partial charge in [-0.25, -0.2) is 4.79 Å². The minimum absolute atomic E-state index is 0.383. The molecule has 0 spiro atoms. The Hall–Kier alpha value is -2.63. The van der Waals surface area contributed by atoms with Gasteiger partial charge in [0.1, 0.15) is 5.82 Å². The number of hydrogen-bond donors (Lipinski definition) is 1. The van der Waals surface area contributed by atoms with E-state index in [1.165, 1.54) is 4.57 Å². The van der Waals surface area contributed by atoms with Crippen molar-refractivity contribution in [2.75, 3.05) is 5.73 Å². The molecule has 6 nitrogen and oxygen atoms in total. The molecule has 0 fully saturated rings. The quantitative estimate of drug-likeness (QED) is 0.712. The lowest BCUT2D eigenvalue weighted by Crippen LogP contribution is -2.08. The summed E-state index contributed by atoms with van der Waals surface area (Å²) in [5.41, 5.74) is 9.36. The lowest BCUT2D eigenvalue weighted by Gasteiger charge is -2.03. The Bertz CT molecular complexity index is 832. The summed E-state index contributed by atoms with van der Waals surface area (Å²) < 4.78 is 6.54. The van der Waals surface area contributed by atoms with Crippen LogP contribution in [-0.2, 0) is 7.05 Å². The van der Waals surface area contributed by atoms with Gasteiger partial charge in [-0.1, -0.05) is 0 Å². The van der Waals surface area contributed by atoms with Crippen LogP contribution in [0.4, 0.5) is 5.82 Å². The number of fused-ring (bicyclic) bond motifs is 1. The van der Waals surface area contributed by atoms with E-state index in [9.17, 15) is 4.79 Å². The summed E-state index contributed by atoms with van der Waals surface area (Å²) in [6.45, 7) is 1.87. The third-order valence-electron chi connectivity index (χ3n) is 3.11. The van der Waals surface area contributed by atoms with Crippen LogP contribution in [-0.4, -0.2) is 14.8 Å². The number of aryl methyl sites for hydroxylation is 2. The van der Waals surface area contributed by atoms with Crippen LogP contribution < -0.4 is 11.5 Å². The molecule has 6 heteroatoms. The standard InChI is InChI=1S/C13H12N4O2/c1-7-5-9(15-16-12(7)14)8-3-4-11-10(6-8)17(2)13(18)19-11/h3-6H,1-2H3,(H2,14,16). The fourth-order valence-corrected chi connectivity index (χ4v) is 1.92. The van der Waals surface area contributed by atoms with Crippen molar-refractivity contribution in [1.29, 1.82) is 0 Å². The zero-order valence-corrected chi connectivity index (χ0v) is 10.5. The van der Waals surface area contributed by atoms with Crippen LogP contribution in [0, 0.1) is 6.92 Å². The molecule has 0 unspecified atom stereocenters. The molecule has 2 heterocycles. The van der Waals surface area contributed by atoms with Crippen LogP contribution in [0.3, 0.4) is 0 Å². The van der Waals surface area contributed by atoms with E-state index in [-0.39, 0.29) is 5.76 Å². The second-order valence-electron chi connectivity index (χ2n) is 4.41. The van der Waals surface area contributed by atoms with Crippen LogP contribution in [0.25, 0.3) is 22.4 Å². The number of aromatic nitrogens is 3. The van der Waals surface area contributed by atoms with Crippen molar-refractivity contribution in [3.63, 3.8) is 0 Å². The third kappa shape index (κ3) is 1.77. The maximum atomic E-state index is 11.4. The van der Waals surface area contributed by atoms with Gasteiger partial charge in [-0.15, -0.1) is 10.2 Å². The molecule has 1 aromatic carbocycles. The van der Waals surface area contributed by atoms with Gasteiger partial charge in [0.25, 0.3) is 0 Å². The first kappa shape index (κ1) is 11.5. The van der Waals surface area contributed by atoms with E-state index in [1.54, 1.807) is 13.1 Å². The number of oxazole rings is 1. The maximum absolute atomic E-state index is 11.4. The average Bonchev–Trinajstić information content (AvgIpc) is 2.68. The van der Waals surface area contributed by atoms with E-state index in [1.807, 2.05) is 25.1 Å². The van der Waals surface area contributed by atoms with Crippen LogP contribution in [0.1, 0.15) is 5.56 Å². The summed E-state index contributed by atoms with van der Waals surface area (Å²) in [5.74, 6) is 0.0345. The van der Waals surface area contributed by atoms with Gasteiger partial charge in [0.2, 0.25) is 0 Å². The van der Waals surface area contributed by atoms with E-state index < -0.39 is 0 Å². The molecule has 0 aliphatic carbocycles.